The third kappa shape index (κ3) is 3.41. The first kappa shape index (κ1) is 13.9. The minimum absolute atomic E-state index is 0.140. The van der Waals surface area contributed by atoms with Crippen molar-refractivity contribution in [1.82, 2.24) is 0 Å². The summed E-state index contributed by atoms with van der Waals surface area (Å²) in [5.74, 6) is -1.13. The molecule has 0 aliphatic heterocycles. The van der Waals surface area contributed by atoms with Crippen LogP contribution in [0.15, 0.2) is 29.4 Å². The molecule has 96 valence electrons. The van der Waals surface area contributed by atoms with Crippen LogP contribution in [0.1, 0.15) is 37.6 Å². The zero-order valence-corrected chi connectivity index (χ0v) is 10.7. The van der Waals surface area contributed by atoms with Gasteiger partial charge in [0.1, 0.15) is 0 Å². The molecule has 0 aliphatic carbocycles. The second-order valence-corrected chi connectivity index (χ2v) is 3.96. The predicted octanol–water partition coefficient (Wildman–Crippen LogP) is 2.52. The molecule has 0 saturated heterocycles. The van der Waals surface area contributed by atoms with Crippen molar-refractivity contribution in [2.75, 3.05) is 5.01 Å². The molecule has 0 spiro atoms. The maximum Gasteiger partial charge on any atom is 0.335 e. The molecular formula is C13H16N2O3. The minimum Gasteiger partial charge on any atom is -0.478 e. The van der Waals surface area contributed by atoms with Gasteiger partial charge in [0.05, 0.1) is 11.3 Å². The van der Waals surface area contributed by atoms with E-state index in [1.54, 1.807) is 32.9 Å². The molecule has 1 aromatic carbocycles. The standard InChI is InChI=1S/C13H16N2O3/c1-4-12(16)15(14-9(2)3)11-7-5-10(6-8-11)13(17)18/h5-8H,4H2,1-3H3,(H,17,18). The highest BCUT2D eigenvalue weighted by atomic mass is 16.4. The van der Waals surface area contributed by atoms with E-state index in [0.717, 1.165) is 5.71 Å². The van der Waals surface area contributed by atoms with Crippen molar-refractivity contribution in [3.63, 3.8) is 0 Å². The molecule has 1 rings (SSSR count). The van der Waals surface area contributed by atoms with Gasteiger partial charge < -0.3 is 5.11 Å². The van der Waals surface area contributed by atoms with Crippen LogP contribution in [0.4, 0.5) is 5.69 Å². The summed E-state index contributed by atoms with van der Waals surface area (Å²) in [5.41, 5.74) is 1.49. The summed E-state index contributed by atoms with van der Waals surface area (Å²) in [7, 11) is 0. The van der Waals surface area contributed by atoms with Crippen LogP contribution in [-0.4, -0.2) is 22.7 Å². The minimum atomic E-state index is -0.995. The molecule has 1 amide bonds. The second-order valence-electron chi connectivity index (χ2n) is 3.96. The fourth-order valence-electron chi connectivity index (χ4n) is 1.35. The Morgan fingerprint density at radius 3 is 2.17 bits per heavy atom. The summed E-state index contributed by atoms with van der Waals surface area (Å²) < 4.78 is 0. The summed E-state index contributed by atoms with van der Waals surface area (Å²) in [5, 5.41) is 14.2. The Balaban J connectivity index is 3.10. The van der Waals surface area contributed by atoms with Crippen molar-refractivity contribution in [3.8, 4) is 0 Å². The first-order valence-corrected chi connectivity index (χ1v) is 5.63. The number of aromatic carboxylic acids is 1. The molecule has 0 saturated carbocycles. The molecule has 0 aromatic heterocycles. The van der Waals surface area contributed by atoms with Gasteiger partial charge in [-0.25, -0.2) is 9.80 Å². The van der Waals surface area contributed by atoms with Crippen molar-refractivity contribution in [2.45, 2.75) is 27.2 Å². The van der Waals surface area contributed by atoms with Crippen molar-refractivity contribution in [3.05, 3.63) is 29.8 Å². The van der Waals surface area contributed by atoms with Gasteiger partial charge in [0.2, 0.25) is 5.91 Å². The van der Waals surface area contributed by atoms with Gasteiger partial charge in [0, 0.05) is 12.1 Å². The SMILES string of the molecule is CCC(=O)N(N=C(C)C)c1ccc(C(=O)O)cc1. The fraction of sp³-hybridized carbons (Fsp3) is 0.308. The summed E-state index contributed by atoms with van der Waals surface area (Å²) in [6.45, 7) is 5.34. The van der Waals surface area contributed by atoms with Gasteiger partial charge in [-0.3, -0.25) is 4.79 Å². The van der Waals surface area contributed by atoms with E-state index in [1.165, 1.54) is 17.1 Å². The fourth-order valence-corrected chi connectivity index (χ4v) is 1.35. The van der Waals surface area contributed by atoms with Crippen LogP contribution >= 0.6 is 0 Å². The van der Waals surface area contributed by atoms with E-state index >= 15 is 0 Å². The highest BCUT2D eigenvalue weighted by molar-refractivity contribution is 5.96. The number of hydrogen-bond acceptors (Lipinski definition) is 3. The molecule has 1 aromatic rings. The van der Waals surface area contributed by atoms with E-state index in [2.05, 4.69) is 5.10 Å². The van der Waals surface area contributed by atoms with E-state index in [9.17, 15) is 9.59 Å². The van der Waals surface area contributed by atoms with Crippen LogP contribution in [0, 0.1) is 0 Å². The number of carboxylic acid groups (broad SMARTS) is 1. The molecule has 0 unspecified atom stereocenters. The lowest BCUT2D eigenvalue weighted by Crippen LogP contribution is -2.25. The lowest BCUT2D eigenvalue weighted by molar-refractivity contribution is -0.118. The first-order chi connectivity index (χ1) is 8.45. The molecule has 5 heteroatoms. The van der Waals surface area contributed by atoms with Gasteiger partial charge in [-0.2, -0.15) is 5.10 Å². The maximum atomic E-state index is 11.8. The molecule has 0 bridgehead atoms. The molecule has 0 radical (unpaired) electrons. The lowest BCUT2D eigenvalue weighted by Gasteiger charge is -2.17. The monoisotopic (exact) mass is 248 g/mol. The molecule has 18 heavy (non-hydrogen) atoms. The Hall–Kier alpha value is -2.17. The highest BCUT2D eigenvalue weighted by Gasteiger charge is 2.13. The maximum absolute atomic E-state index is 11.8. The smallest absolute Gasteiger partial charge is 0.335 e. The van der Waals surface area contributed by atoms with E-state index < -0.39 is 5.97 Å². The van der Waals surface area contributed by atoms with Crippen LogP contribution in [0.2, 0.25) is 0 Å². The number of hydrogen-bond donors (Lipinski definition) is 1. The Labute approximate surface area is 106 Å². The molecule has 0 atom stereocenters. The summed E-state index contributed by atoms with van der Waals surface area (Å²) in [6, 6.07) is 6.05. The zero-order valence-electron chi connectivity index (χ0n) is 10.7. The average Bonchev–Trinajstić information content (AvgIpc) is 2.35. The first-order valence-electron chi connectivity index (χ1n) is 5.63. The Kier molecular flexibility index (Phi) is 4.59. The molecule has 0 fully saturated rings. The van der Waals surface area contributed by atoms with Gasteiger partial charge >= 0.3 is 5.97 Å². The van der Waals surface area contributed by atoms with Crippen molar-refractivity contribution >= 4 is 23.3 Å². The molecular weight excluding hydrogens is 232 g/mol. The van der Waals surface area contributed by atoms with Gasteiger partial charge in [0.15, 0.2) is 0 Å². The largest absolute Gasteiger partial charge is 0.478 e. The number of anilines is 1. The van der Waals surface area contributed by atoms with Crippen LogP contribution in [0.25, 0.3) is 0 Å². The number of benzene rings is 1. The predicted molar refractivity (Wildman–Crippen MR) is 70.0 cm³/mol. The van der Waals surface area contributed by atoms with Gasteiger partial charge in [-0.1, -0.05) is 6.92 Å². The number of rotatable bonds is 4. The third-order valence-electron chi connectivity index (χ3n) is 2.20. The van der Waals surface area contributed by atoms with E-state index in [0.29, 0.717) is 12.1 Å². The van der Waals surface area contributed by atoms with Crippen LogP contribution in [0.5, 0.6) is 0 Å². The highest BCUT2D eigenvalue weighted by Crippen LogP contribution is 2.17. The summed E-state index contributed by atoms with van der Waals surface area (Å²) in [4.78, 5) is 22.5. The normalized spacial score (nSPS) is 9.72. The quantitative estimate of drug-likeness (QED) is 0.657. The lowest BCUT2D eigenvalue weighted by atomic mass is 10.2. The van der Waals surface area contributed by atoms with E-state index in [1.807, 2.05) is 0 Å². The Morgan fingerprint density at radius 1 is 1.22 bits per heavy atom. The number of nitrogens with zero attached hydrogens (tertiary/aromatic N) is 2. The number of carboxylic acids is 1. The van der Waals surface area contributed by atoms with Crippen LogP contribution < -0.4 is 5.01 Å². The van der Waals surface area contributed by atoms with Gasteiger partial charge in [0.25, 0.3) is 0 Å². The van der Waals surface area contributed by atoms with Crippen molar-refractivity contribution in [2.24, 2.45) is 5.10 Å². The van der Waals surface area contributed by atoms with Crippen molar-refractivity contribution < 1.29 is 14.7 Å². The average molecular weight is 248 g/mol. The molecule has 1 N–H and O–H groups in total. The van der Waals surface area contributed by atoms with Crippen molar-refractivity contribution in [1.29, 1.82) is 0 Å². The van der Waals surface area contributed by atoms with E-state index in [-0.39, 0.29) is 11.5 Å². The number of amides is 1. The van der Waals surface area contributed by atoms with E-state index in [4.69, 9.17) is 5.11 Å². The molecule has 0 heterocycles. The Bertz CT molecular complexity index is 474. The number of carbonyl (C=O) groups excluding carboxylic acids is 1. The third-order valence-corrected chi connectivity index (χ3v) is 2.20. The number of carbonyl (C=O) groups is 2. The van der Waals surface area contributed by atoms with Crippen LogP contribution in [-0.2, 0) is 4.79 Å². The van der Waals surface area contributed by atoms with Gasteiger partial charge in [-0.05, 0) is 38.1 Å². The summed E-state index contributed by atoms with van der Waals surface area (Å²) in [6.07, 6.45) is 0.331. The number of hydrazone groups is 1. The molecule has 0 aliphatic rings. The zero-order chi connectivity index (χ0) is 13.7. The second kappa shape index (κ2) is 5.95. The molecule has 5 nitrogen and oxygen atoms in total. The van der Waals surface area contributed by atoms with Crippen LogP contribution in [0.3, 0.4) is 0 Å². The van der Waals surface area contributed by atoms with Gasteiger partial charge in [-0.15, -0.1) is 0 Å². The Morgan fingerprint density at radius 2 is 1.78 bits per heavy atom. The topological polar surface area (TPSA) is 70.0 Å². The summed E-state index contributed by atoms with van der Waals surface area (Å²) >= 11 is 0.